The van der Waals surface area contributed by atoms with E-state index in [0.717, 1.165) is 26.1 Å². The number of guanidine groups is 1. The van der Waals surface area contributed by atoms with E-state index in [2.05, 4.69) is 15.6 Å². The number of carbonyl (C=O) groups excluding carboxylic acids is 1. The van der Waals surface area contributed by atoms with E-state index in [4.69, 9.17) is 4.74 Å². The van der Waals surface area contributed by atoms with E-state index in [1.807, 2.05) is 0 Å². The Kier molecular flexibility index (Phi) is 9.08. The molecule has 0 aromatic carbocycles. The molecule has 2 N–H and O–H groups in total. The van der Waals surface area contributed by atoms with Crippen LogP contribution in [0.2, 0.25) is 0 Å². The van der Waals surface area contributed by atoms with E-state index in [1.165, 1.54) is 0 Å². The van der Waals surface area contributed by atoms with Crippen molar-refractivity contribution in [1.82, 2.24) is 15.5 Å². The highest BCUT2D eigenvalue weighted by Crippen LogP contribution is 2.05. The molecule has 1 amide bonds. The first-order chi connectivity index (χ1) is 8.13. The molecule has 1 rings (SSSR count). The van der Waals surface area contributed by atoms with Crippen molar-refractivity contribution >= 4 is 35.8 Å². The third-order valence-electron chi connectivity index (χ3n) is 2.69. The van der Waals surface area contributed by atoms with Gasteiger partial charge in [-0.1, -0.05) is 0 Å². The predicted molar refractivity (Wildman–Crippen MR) is 82.4 cm³/mol. The van der Waals surface area contributed by atoms with Gasteiger partial charge in [0.15, 0.2) is 5.96 Å². The first-order valence-corrected chi connectivity index (χ1v) is 5.88. The van der Waals surface area contributed by atoms with E-state index in [0.29, 0.717) is 12.0 Å². The molecule has 0 saturated carbocycles. The summed E-state index contributed by atoms with van der Waals surface area (Å²) in [7, 11) is 5.17. The summed E-state index contributed by atoms with van der Waals surface area (Å²) < 4.78 is 5.28. The zero-order chi connectivity index (χ0) is 12.7. The van der Waals surface area contributed by atoms with E-state index >= 15 is 0 Å². The molecule has 0 atom stereocenters. The molecule has 6 nitrogen and oxygen atoms in total. The van der Waals surface area contributed by atoms with Crippen molar-refractivity contribution in [3.8, 4) is 0 Å². The number of rotatable bonds is 3. The van der Waals surface area contributed by atoms with Crippen LogP contribution in [-0.2, 0) is 9.53 Å². The van der Waals surface area contributed by atoms with Crippen molar-refractivity contribution < 1.29 is 9.53 Å². The van der Waals surface area contributed by atoms with Crippen LogP contribution in [0.1, 0.15) is 12.8 Å². The third-order valence-corrected chi connectivity index (χ3v) is 2.69. The summed E-state index contributed by atoms with van der Waals surface area (Å²) >= 11 is 0. The molecule has 0 bridgehead atoms. The number of carbonyl (C=O) groups is 1. The predicted octanol–water partition coefficient (Wildman–Crippen LogP) is 0.0366. The lowest BCUT2D eigenvalue weighted by molar-refractivity contribution is -0.127. The highest BCUT2D eigenvalue weighted by atomic mass is 127. The standard InChI is InChI=1S/C11H22N4O2.HI/c1-12-11(13-8-10(16)15(2)3)14-9-4-6-17-7-5-9;/h9H,4-8H2,1-3H3,(H2,12,13,14);1H. The van der Waals surface area contributed by atoms with Crippen LogP contribution in [-0.4, -0.2) is 63.7 Å². The topological polar surface area (TPSA) is 66.0 Å². The normalized spacial score (nSPS) is 16.7. The molecule has 1 saturated heterocycles. The molecular formula is C11H23IN4O2. The van der Waals surface area contributed by atoms with Crippen molar-refractivity contribution in [3.63, 3.8) is 0 Å². The second-order valence-electron chi connectivity index (χ2n) is 4.24. The quantitative estimate of drug-likeness (QED) is 0.418. The van der Waals surface area contributed by atoms with Gasteiger partial charge >= 0.3 is 0 Å². The van der Waals surface area contributed by atoms with E-state index < -0.39 is 0 Å². The number of nitrogens with one attached hydrogen (secondary N) is 2. The molecule has 0 aromatic heterocycles. The Morgan fingerprint density at radius 3 is 2.50 bits per heavy atom. The molecule has 0 unspecified atom stereocenters. The minimum atomic E-state index is 0. The van der Waals surface area contributed by atoms with Crippen LogP contribution in [0, 0.1) is 0 Å². The highest BCUT2D eigenvalue weighted by molar-refractivity contribution is 14.0. The molecule has 0 spiro atoms. The summed E-state index contributed by atoms with van der Waals surface area (Å²) in [5, 5.41) is 6.29. The molecule has 0 aliphatic carbocycles. The first-order valence-electron chi connectivity index (χ1n) is 5.88. The Morgan fingerprint density at radius 2 is 2.00 bits per heavy atom. The number of halogens is 1. The van der Waals surface area contributed by atoms with Crippen LogP contribution < -0.4 is 10.6 Å². The lowest BCUT2D eigenvalue weighted by atomic mass is 10.1. The van der Waals surface area contributed by atoms with Crippen molar-refractivity contribution in [2.75, 3.05) is 40.9 Å². The third kappa shape index (κ3) is 6.39. The van der Waals surface area contributed by atoms with E-state index in [1.54, 1.807) is 26.0 Å². The summed E-state index contributed by atoms with van der Waals surface area (Å²) in [6.45, 7) is 1.83. The van der Waals surface area contributed by atoms with E-state index in [9.17, 15) is 4.79 Å². The summed E-state index contributed by atoms with van der Waals surface area (Å²) in [5.74, 6) is 0.701. The van der Waals surface area contributed by atoms with Gasteiger partial charge in [0, 0.05) is 40.4 Å². The molecule has 7 heteroatoms. The number of ether oxygens (including phenoxy) is 1. The largest absolute Gasteiger partial charge is 0.381 e. The number of aliphatic imine (C=N–C) groups is 1. The average molecular weight is 370 g/mol. The smallest absolute Gasteiger partial charge is 0.241 e. The number of hydrogen-bond donors (Lipinski definition) is 2. The second-order valence-corrected chi connectivity index (χ2v) is 4.24. The molecule has 1 heterocycles. The van der Waals surface area contributed by atoms with Gasteiger partial charge < -0.3 is 20.3 Å². The van der Waals surface area contributed by atoms with Crippen molar-refractivity contribution in [3.05, 3.63) is 0 Å². The Hall–Kier alpha value is -0.570. The first kappa shape index (κ1) is 17.4. The Morgan fingerprint density at radius 1 is 1.39 bits per heavy atom. The monoisotopic (exact) mass is 370 g/mol. The fraction of sp³-hybridized carbons (Fsp3) is 0.818. The highest BCUT2D eigenvalue weighted by Gasteiger charge is 2.15. The summed E-state index contributed by atoms with van der Waals surface area (Å²) in [5.41, 5.74) is 0. The molecule has 18 heavy (non-hydrogen) atoms. The summed E-state index contributed by atoms with van der Waals surface area (Å²) in [6, 6.07) is 0.379. The lowest BCUT2D eigenvalue weighted by Crippen LogP contribution is -2.48. The van der Waals surface area contributed by atoms with E-state index in [-0.39, 0.29) is 36.4 Å². The van der Waals surface area contributed by atoms with Crippen molar-refractivity contribution in [1.29, 1.82) is 0 Å². The number of nitrogens with zero attached hydrogens (tertiary/aromatic N) is 2. The Labute approximate surface area is 126 Å². The zero-order valence-corrected chi connectivity index (χ0v) is 13.6. The van der Waals surface area contributed by atoms with Gasteiger partial charge in [-0.15, -0.1) is 24.0 Å². The van der Waals surface area contributed by atoms with Gasteiger partial charge in [0.05, 0.1) is 6.54 Å². The van der Waals surface area contributed by atoms with Gasteiger partial charge in [-0.05, 0) is 12.8 Å². The summed E-state index contributed by atoms with van der Waals surface area (Å²) in [4.78, 5) is 17.1. The maximum absolute atomic E-state index is 11.4. The number of hydrogen-bond acceptors (Lipinski definition) is 3. The van der Waals surface area contributed by atoms with Gasteiger partial charge in [0.2, 0.25) is 5.91 Å². The van der Waals surface area contributed by atoms with Crippen LogP contribution >= 0.6 is 24.0 Å². The van der Waals surface area contributed by atoms with Crippen LogP contribution in [0.4, 0.5) is 0 Å². The molecule has 1 aliphatic heterocycles. The van der Waals surface area contributed by atoms with Crippen LogP contribution in [0.15, 0.2) is 4.99 Å². The molecule has 1 fully saturated rings. The van der Waals surface area contributed by atoms with Crippen LogP contribution in [0.3, 0.4) is 0 Å². The molecule has 0 aromatic rings. The van der Waals surface area contributed by atoms with Crippen molar-refractivity contribution in [2.45, 2.75) is 18.9 Å². The van der Waals surface area contributed by atoms with Crippen LogP contribution in [0.5, 0.6) is 0 Å². The van der Waals surface area contributed by atoms with Gasteiger partial charge in [-0.2, -0.15) is 0 Å². The summed E-state index contributed by atoms with van der Waals surface area (Å²) in [6.07, 6.45) is 1.95. The number of likely N-dealkylation sites (N-methyl/N-ethyl adjacent to an activating group) is 1. The fourth-order valence-electron chi connectivity index (χ4n) is 1.55. The maximum atomic E-state index is 11.4. The lowest BCUT2D eigenvalue weighted by Gasteiger charge is -2.25. The van der Waals surface area contributed by atoms with Crippen LogP contribution in [0.25, 0.3) is 0 Å². The molecule has 1 aliphatic rings. The Bertz CT molecular complexity index is 278. The fourth-order valence-corrected chi connectivity index (χ4v) is 1.55. The van der Waals surface area contributed by atoms with Gasteiger partial charge in [0.25, 0.3) is 0 Å². The zero-order valence-electron chi connectivity index (χ0n) is 11.2. The molecule has 106 valence electrons. The second kappa shape index (κ2) is 9.37. The minimum Gasteiger partial charge on any atom is -0.381 e. The SMILES string of the molecule is CN=C(NCC(=O)N(C)C)NC1CCOCC1.I. The van der Waals surface area contributed by atoms with Crippen molar-refractivity contribution in [2.24, 2.45) is 4.99 Å². The average Bonchev–Trinajstić information content (AvgIpc) is 2.35. The van der Waals surface area contributed by atoms with Gasteiger partial charge in [-0.3, -0.25) is 9.79 Å². The Balaban J connectivity index is 0.00000289. The maximum Gasteiger partial charge on any atom is 0.241 e. The van der Waals surface area contributed by atoms with Gasteiger partial charge in [-0.25, -0.2) is 0 Å². The molecule has 0 radical (unpaired) electrons. The number of amides is 1. The minimum absolute atomic E-state index is 0. The molecular weight excluding hydrogens is 347 g/mol. The van der Waals surface area contributed by atoms with Gasteiger partial charge in [0.1, 0.15) is 0 Å².